The third kappa shape index (κ3) is 3.28. The largest absolute Gasteiger partial charge is 0.306 e. The van der Waals surface area contributed by atoms with Gasteiger partial charge >= 0.3 is 0 Å². The predicted molar refractivity (Wildman–Crippen MR) is 87.6 cm³/mol. The number of benzene rings is 1. The molecule has 0 saturated heterocycles. The molecule has 0 spiro atoms. The van der Waals surface area contributed by atoms with E-state index in [-0.39, 0.29) is 6.04 Å². The summed E-state index contributed by atoms with van der Waals surface area (Å²) >= 11 is 1.80. The molecule has 0 radical (unpaired) electrons. The summed E-state index contributed by atoms with van der Waals surface area (Å²) in [5.74, 6) is 0. The van der Waals surface area contributed by atoms with Gasteiger partial charge in [0.15, 0.2) is 0 Å². The number of hydrogen-bond donors (Lipinski definition) is 1. The first kappa shape index (κ1) is 15.2. The maximum Gasteiger partial charge on any atom is 0.0900 e. The van der Waals surface area contributed by atoms with Gasteiger partial charge in [-0.15, -0.1) is 11.3 Å². The second kappa shape index (κ2) is 6.51. The Hall–Kier alpha value is -1.19. The first-order chi connectivity index (χ1) is 9.52. The highest BCUT2D eigenvalue weighted by atomic mass is 32.1. The molecule has 0 aliphatic carbocycles. The summed E-state index contributed by atoms with van der Waals surface area (Å²) in [5, 5.41) is 4.82. The molecule has 3 heteroatoms. The van der Waals surface area contributed by atoms with Crippen molar-refractivity contribution in [2.45, 2.75) is 47.1 Å². The van der Waals surface area contributed by atoms with Crippen LogP contribution in [0.15, 0.2) is 18.2 Å². The van der Waals surface area contributed by atoms with Gasteiger partial charge in [0.05, 0.1) is 16.7 Å². The lowest BCUT2D eigenvalue weighted by Crippen LogP contribution is -2.23. The molecule has 1 aromatic heterocycles. The van der Waals surface area contributed by atoms with Gasteiger partial charge in [0.25, 0.3) is 0 Å². The lowest BCUT2D eigenvalue weighted by atomic mass is 9.99. The van der Waals surface area contributed by atoms with E-state index in [0.29, 0.717) is 0 Å². The van der Waals surface area contributed by atoms with Crippen molar-refractivity contribution >= 4 is 11.3 Å². The van der Waals surface area contributed by atoms with Gasteiger partial charge in [-0.2, -0.15) is 0 Å². The van der Waals surface area contributed by atoms with Crippen LogP contribution >= 0.6 is 11.3 Å². The van der Waals surface area contributed by atoms with E-state index in [1.54, 1.807) is 11.3 Å². The molecule has 108 valence electrons. The number of thiazole rings is 1. The van der Waals surface area contributed by atoms with E-state index in [1.165, 1.54) is 21.6 Å². The monoisotopic (exact) mass is 288 g/mol. The number of hydrogen-bond acceptors (Lipinski definition) is 3. The van der Waals surface area contributed by atoms with Crippen LogP contribution in [0.25, 0.3) is 0 Å². The normalized spacial score (nSPS) is 12.7. The Kier molecular flexibility index (Phi) is 4.95. The molecule has 0 bridgehead atoms. The van der Waals surface area contributed by atoms with Crippen LogP contribution in [-0.2, 0) is 0 Å². The van der Waals surface area contributed by atoms with Crippen LogP contribution < -0.4 is 5.32 Å². The summed E-state index contributed by atoms with van der Waals surface area (Å²) in [5.41, 5.74) is 5.19. The fourth-order valence-electron chi connectivity index (χ4n) is 2.41. The standard InChI is InChI=1S/C17H24N2S/c1-6-9-18-16(17-13(4)19-14(5)20-17)15-8-7-11(2)12(3)10-15/h7-8,10,16,18H,6,9H2,1-5H3. The van der Waals surface area contributed by atoms with E-state index in [0.717, 1.165) is 23.7 Å². The van der Waals surface area contributed by atoms with Crippen molar-refractivity contribution in [3.8, 4) is 0 Å². The highest BCUT2D eigenvalue weighted by Crippen LogP contribution is 2.30. The minimum atomic E-state index is 0.264. The number of nitrogens with zero attached hydrogens (tertiary/aromatic N) is 1. The average molecular weight is 288 g/mol. The molecule has 1 N–H and O–H groups in total. The number of aromatic nitrogens is 1. The molecule has 1 aromatic carbocycles. The maximum absolute atomic E-state index is 4.58. The number of rotatable bonds is 5. The maximum atomic E-state index is 4.58. The topological polar surface area (TPSA) is 24.9 Å². The Morgan fingerprint density at radius 2 is 1.90 bits per heavy atom. The summed E-state index contributed by atoms with van der Waals surface area (Å²) in [6.07, 6.45) is 1.14. The Bertz CT molecular complexity index is 587. The van der Waals surface area contributed by atoms with Gasteiger partial charge < -0.3 is 5.32 Å². The van der Waals surface area contributed by atoms with Crippen LogP contribution in [0.1, 0.15) is 51.7 Å². The van der Waals surface area contributed by atoms with Crippen molar-refractivity contribution in [1.82, 2.24) is 10.3 Å². The second-order valence-electron chi connectivity index (χ2n) is 5.41. The van der Waals surface area contributed by atoms with Gasteiger partial charge in [-0.05, 0) is 57.4 Å². The van der Waals surface area contributed by atoms with E-state index in [1.807, 2.05) is 0 Å². The minimum absolute atomic E-state index is 0.264. The summed E-state index contributed by atoms with van der Waals surface area (Å²) in [6.45, 7) is 11.8. The second-order valence-corrected chi connectivity index (χ2v) is 6.65. The molecule has 2 aromatic rings. The molecule has 0 fully saturated rings. The molecule has 0 aliphatic rings. The van der Waals surface area contributed by atoms with Crippen molar-refractivity contribution < 1.29 is 0 Å². The zero-order chi connectivity index (χ0) is 14.7. The van der Waals surface area contributed by atoms with Gasteiger partial charge in [0.2, 0.25) is 0 Å². The van der Waals surface area contributed by atoms with Crippen LogP contribution in [0.5, 0.6) is 0 Å². The fraction of sp³-hybridized carbons (Fsp3) is 0.471. The van der Waals surface area contributed by atoms with Crippen molar-refractivity contribution in [2.24, 2.45) is 0 Å². The SMILES string of the molecule is CCCNC(c1ccc(C)c(C)c1)c1sc(C)nc1C. The van der Waals surface area contributed by atoms with Crippen molar-refractivity contribution in [1.29, 1.82) is 0 Å². The third-order valence-electron chi connectivity index (χ3n) is 3.66. The Morgan fingerprint density at radius 1 is 1.15 bits per heavy atom. The van der Waals surface area contributed by atoms with E-state index in [4.69, 9.17) is 0 Å². The van der Waals surface area contributed by atoms with Crippen LogP contribution in [0, 0.1) is 27.7 Å². The molecule has 1 unspecified atom stereocenters. The Balaban J connectivity index is 2.41. The molecule has 0 aliphatic heterocycles. The van der Waals surface area contributed by atoms with Gasteiger partial charge in [-0.3, -0.25) is 0 Å². The highest BCUT2D eigenvalue weighted by Gasteiger charge is 2.19. The van der Waals surface area contributed by atoms with Crippen molar-refractivity contribution in [3.63, 3.8) is 0 Å². The Morgan fingerprint density at radius 3 is 2.45 bits per heavy atom. The van der Waals surface area contributed by atoms with E-state index >= 15 is 0 Å². The van der Waals surface area contributed by atoms with Gasteiger partial charge in [0.1, 0.15) is 0 Å². The lowest BCUT2D eigenvalue weighted by molar-refractivity contribution is 0.602. The smallest absolute Gasteiger partial charge is 0.0900 e. The van der Waals surface area contributed by atoms with E-state index < -0.39 is 0 Å². The molecule has 2 nitrogen and oxygen atoms in total. The predicted octanol–water partition coefficient (Wildman–Crippen LogP) is 4.47. The van der Waals surface area contributed by atoms with E-state index in [2.05, 4.69) is 63.1 Å². The zero-order valence-corrected chi connectivity index (χ0v) is 13.9. The summed E-state index contributed by atoms with van der Waals surface area (Å²) in [4.78, 5) is 5.93. The van der Waals surface area contributed by atoms with Crippen LogP contribution in [-0.4, -0.2) is 11.5 Å². The van der Waals surface area contributed by atoms with Gasteiger partial charge in [-0.25, -0.2) is 4.98 Å². The molecular formula is C17H24N2S. The molecule has 0 saturated carbocycles. The molecule has 2 rings (SSSR count). The van der Waals surface area contributed by atoms with Crippen molar-refractivity contribution in [3.05, 3.63) is 50.5 Å². The fourth-order valence-corrected chi connectivity index (χ4v) is 3.44. The molecule has 0 amide bonds. The zero-order valence-electron chi connectivity index (χ0n) is 13.1. The summed E-state index contributed by atoms with van der Waals surface area (Å²) in [7, 11) is 0. The molecule has 20 heavy (non-hydrogen) atoms. The van der Waals surface area contributed by atoms with Crippen LogP contribution in [0.4, 0.5) is 0 Å². The number of aryl methyl sites for hydroxylation is 4. The molecule has 1 heterocycles. The van der Waals surface area contributed by atoms with Gasteiger partial charge in [0, 0.05) is 4.88 Å². The first-order valence-electron chi connectivity index (χ1n) is 7.27. The molecular weight excluding hydrogens is 264 g/mol. The average Bonchev–Trinajstić information content (AvgIpc) is 2.73. The summed E-state index contributed by atoms with van der Waals surface area (Å²) < 4.78 is 0. The van der Waals surface area contributed by atoms with E-state index in [9.17, 15) is 0 Å². The van der Waals surface area contributed by atoms with Gasteiger partial charge in [-0.1, -0.05) is 25.1 Å². The van der Waals surface area contributed by atoms with Crippen LogP contribution in [0.3, 0.4) is 0 Å². The van der Waals surface area contributed by atoms with Crippen molar-refractivity contribution in [2.75, 3.05) is 6.54 Å². The third-order valence-corrected chi connectivity index (χ3v) is 4.80. The Labute approximate surface area is 126 Å². The quantitative estimate of drug-likeness (QED) is 0.878. The van der Waals surface area contributed by atoms with Crippen LogP contribution in [0.2, 0.25) is 0 Å². The first-order valence-corrected chi connectivity index (χ1v) is 8.09. The summed E-state index contributed by atoms with van der Waals surface area (Å²) in [6, 6.07) is 7.02. The molecule has 1 atom stereocenters. The number of nitrogens with one attached hydrogen (secondary N) is 1. The minimum Gasteiger partial charge on any atom is -0.306 e. The lowest BCUT2D eigenvalue weighted by Gasteiger charge is -2.19. The highest BCUT2D eigenvalue weighted by molar-refractivity contribution is 7.11.